The average Bonchev–Trinajstić information content (AvgIpc) is 3.11. The van der Waals surface area contributed by atoms with Crippen LogP contribution in [0.15, 0.2) is 47.5 Å². The van der Waals surface area contributed by atoms with Crippen LogP contribution in [0, 0.1) is 11.3 Å². The van der Waals surface area contributed by atoms with E-state index in [1.165, 1.54) is 6.20 Å². The monoisotopic (exact) mass is 385 g/mol. The zero-order valence-corrected chi connectivity index (χ0v) is 15.6. The molecule has 1 aromatic carbocycles. The number of rotatable bonds is 5. The second-order valence-corrected chi connectivity index (χ2v) is 8.59. The fourth-order valence-corrected chi connectivity index (χ4v) is 3.71. The van der Waals surface area contributed by atoms with Gasteiger partial charge >= 0.3 is 0 Å². The maximum atomic E-state index is 12.6. The molecule has 8 heteroatoms. The Morgan fingerprint density at radius 3 is 2.56 bits per heavy atom. The van der Waals surface area contributed by atoms with Crippen LogP contribution in [0.4, 0.5) is 0 Å². The molecule has 0 aliphatic carbocycles. The van der Waals surface area contributed by atoms with Gasteiger partial charge in [0.1, 0.15) is 11.8 Å². The molecule has 1 aromatic heterocycles. The standard InChI is InChI=1S/C19H19N3O4S/c1-27(24,25)17-6-3-15(4-7-17)19(8-9-26-13-19)22-18(23)10-14-2-5-16(11-20)21-12-14/h2-7,12H,8-10,13H2,1H3,(H,22,23). The van der Waals surface area contributed by atoms with E-state index in [1.54, 1.807) is 36.4 Å². The molecule has 0 radical (unpaired) electrons. The number of carbonyl (C=O) groups excluding carboxylic acids is 1. The number of hydrogen-bond donors (Lipinski definition) is 1. The van der Waals surface area contributed by atoms with Crippen molar-refractivity contribution in [2.45, 2.75) is 23.3 Å². The number of sulfone groups is 1. The van der Waals surface area contributed by atoms with Crippen molar-refractivity contribution in [1.82, 2.24) is 10.3 Å². The van der Waals surface area contributed by atoms with Crippen LogP contribution in [0.1, 0.15) is 23.2 Å². The highest BCUT2D eigenvalue weighted by Crippen LogP contribution is 2.31. The van der Waals surface area contributed by atoms with E-state index < -0.39 is 15.4 Å². The van der Waals surface area contributed by atoms with Gasteiger partial charge in [0.2, 0.25) is 5.91 Å². The lowest BCUT2D eigenvalue weighted by atomic mass is 9.89. The van der Waals surface area contributed by atoms with Crippen LogP contribution in [0.25, 0.3) is 0 Å². The van der Waals surface area contributed by atoms with E-state index >= 15 is 0 Å². The maximum absolute atomic E-state index is 12.6. The number of nitrogens with zero attached hydrogens (tertiary/aromatic N) is 2. The molecule has 1 aliphatic rings. The average molecular weight is 385 g/mol. The van der Waals surface area contributed by atoms with Crippen LogP contribution in [0.2, 0.25) is 0 Å². The Morgan fingerprint density at radius 2 is 2.04 bits per heavy atom. The van der Waals surface area contributed by atoms with E-state index in [-0.39, 0.29) is 17.2 Å². The van der Waals surface area contributed by atoms with Crippen molar-refractivity contribution in [2.24, 2.45) is 0 Å². The molecule has 2 heterocycles. The van der Waals surface area contributed by atoms with Crippen molar-refractivity contribution in [2.75, 3.05) is 19.5 Å². The van der Waals surface area contributed by atoms with Crippen molar-refractivity contribution in [3.63, 3.8) is 0 Å². The summed E-state index contributed by atoms with van der Waals surface area (Å²) in [6.45, 7) is 0.828. The normalized spacial score (nSPS) is 19.4. The lowest BCUT2D eigenvalue weighted by molar-refractivity contribution is -0.122. The predicted octanol–water partition coefficient (Wildman–Crippen LogP) is 1.33. The Bertz CT molecular complexity index is 971. The zero-order chi connectivity index (χ0) is 19.5. The Hall–Kier alpha value is -2.76. The third-order valence-electron chi connectivity index (χ3n) is 4.54. The lowest BCUT2D eigenvalue weighted by Crippen LogP contribution is -2.47. The SMILES string of the molecule is CS(=O)(=O)c1ccc(C2(NC(=O)Cc3ccc(C#N)nc3)CCOC2)cc1. The van der Waals surface area contributed by atoms with Gasteiger partial charge in [-0.15, -0.1) is 0 Å². The number of nitrogens with one attached hydrogen (secondary N) is 1. The van der Waals surface area contributed by atoms with Crippen LogP contribution in [-0.2, 0) is 31.3 Å². The van der Waals surface area contributed by atoms with Crippen LogP contribution < -0.4 is 5.32 Å². The summed E-state index contributed by atoms with van der Waals surface area (Å²) >= 11 is 0. The molecule has 1 aliphatic heterocycles. The van der Waals surface area contributed by atoms with Crippen molar-refractivity contribution in [3.8, 4) is 6.07 Å². The van der Waals surface area contributed by atoms with Crippen LogP contribution in [-0.4, -0.2) is 38.8 Å². The van der Waals surface area contributed by atoms with E-state index in [0.717, 1.165) is 11.8 Å². The molecular weight excluding hydrogens is 366 g/mol. The zero-order valence-electron chi connectivity index (χ0n) is 14.8. The minimum absolute atomic E-state index is 0.127. The topological polar surface area (TPSA) is 109 Å². The van der Waals surface area contributed by atoms with Crippen LogP contribution >= 0.6 is 0 Å². The Labute approximate surface area is 157 Å². The first-order valence-corrected chi connectivity index (χ1v) is 10.3. The van der Waals surface area contributed by atoms with Crippen molar-refractivity contribution < 1.29 is 17.9 Å². The lowest BCUT2D eigenvalue weighted by Gasteiger charge is -2.29. The molecule has 1 N–H and O–H groups in total. The van der Waals surface area contributed by atoms with Gasteiger partial charge in [-0.1, -0.05) is 18.2 Å². The quantitative estimate of drug-likeness (QED) is 0.832. The highest BCUT2D eigenvalue weighted by atomic mass is 32.2. The Kier molecular flexibility index (Phi) is 5.26. The van der Waals surface area contributed by atoms with Gasteiger partial charge < -0.3 is 10.1 Å². The summed E-state index contributed by atoms with van der Waals surface area (Å²) in [5.41, 5.74) is 1.12. The van der Waals surface area contributed by atoms with Gasteiger partial charge in [-0.25, -0.2) is 13.4 Å². The number of hydrogen-bond acceptors (Lipinski definition) is 6. The van der Waals surface area contributed by atoms with Crippen molar-refractivity contribution >= 4 is 15.7 Å². The Balaban J connectivity index is 1.78. The summed E-state index contributed by atoms with van der Waals surface area (Å²) in [4.78, 5) is 16.8. The number of pyridine rings is 1. The number of aromatic nitrogens is 1. The Morgan fingerprint density at radius 1 is 1.30 bits per heavy atom. The summed E-state index contributed by atoms with van der Waals surface area (Å²) < 4.78 is 28.8. The maximum Gasteiger partial charge on any atom is 0.225 e. The minimum atomic E-state index is -3.28. The first kappa shape index (κ1) is 19.0. The first-order chi connectivity index (χ1) is 12.8. The molecule has 140 valence electrons. The molecule has 7 nitrogen and oxygen atoms in total. The van der Waals surface area contributed by atoms with E-state index in [4.69, 9.17) is 10.00 Å². The van der Waals surface area contributed by atoms with Gasteiger partial charge in [0, 0.05) is 25.5 Å². The van der Waals surface area contributed by atoms with E-state index in [2.05, 4.69) is 10.3 Å². The molecule has 0 spiro atoms. The van der Waals surface area contributed by atoms with Crippen LogP contribution in [0.3, 0.4) is 0 Å². The van der Waals surface area contributed by atoms with Gasteiger partial charge in [-0.2, -0.15) is 5.26 Å². The van der Waals surface area contributed by atoms with E-state index in [0.29, 0.717) is 30.9 Å². The molecular formula is C19H19N3O4S. The third kappa shape index (κ3) is 4.32. The number of nitriles is 1. The first-order valence-electron chi connectivity index (χ1n) is 8.37. The molecule has 1 saturated heterocycles. The highest BCUT2D eigenvalue weighted by molar-refractivity contribution is 7.90. The van der Waals surface area contributed by atoms with Gasteiger partial charge in [-0.3, -0.25) is 4.79 Å². The number of ether oxygens (including phenoxy) is 1. The molecule has 1 atom stereocenters. The summed E-state index contributed by atoms with van der Waals surface area (Å²) in [6.07, 6.45) is 3.39. The fourth-order valence-electron chi connectivity index (χ4n) is 3.08. The third-order valence-corrected chi connectivity index (χ3v) is 5.67. The molecule has 3 rings (SSSR count). The van der Waals surface area contributed by atoms with E-state index in [9.17, 15) is 13.2 Å². The van der Waals surface area contributed by atoms with Crippen molar-refractivity contribution in [1.29, 1.82) is 5.26 Å². The predicted molar refractivity (Wildman–Crippen MR) is 97.5 cm³/mol. The highest BCUT2D eigenvalue weighted by Gasteiger charge is 2.38. The number of carbonyl (C=O) groups is 1. The molecule has 1 amide bonds. The van der Waals surface area contributed by atoms with Crippen LogP contribution in [0.5, 0.6) is 0 Å². The largest absolute Gasteiger partial charge is 0.379 e. The fraction of sp³-hybridized carbons (Fsp3) is 0.316. The minimum Gasteiger partial charge on any atom is -0.379 e. The molecule has 0 bridgehead atoms. The smallest absolute Gasteiger partial charge is 0.225 e. The molecule has 0 saturated carbocycles. The molecule has 27 heavy (non-hydrogen) atoms. The number of amides is 1. The van der Waals surface area contributed by atoms with Gasteiger partial charge in [0.05, 0.1) is 23.5 Å². The number of benzene rings is 1. The summed E-state index contributed by atoms with van der Waals surface area (Å²) in [5, 5.41) is 11.8. The second-order valence-electron chi connectivity index (χ2n) is 6.57. The van der Waals surface area contributed by atoms with E-state index in [1.807, 2.05) is 6.07 Å². The molecule has 2 aromatic rings. The molecule has 1 fully saturated rings. The molecule has 1 unspecified atom stereocenters. The summed E-state index contributed by atoms with van der Waals surface area (Å²) in [6, 6.07) is 11.7. The van der Waals surface area contributed by atoms with Gasteiger partial charge in [-0.05, 0) is 29.3 Å². The summed E-state index contributed by atoms with van der Waals surface area (Å²) in [7, 11) is -3.28. The van der Waals surface area contributed by atoms with Gasteiger partial charge in [0.15, 0.2) is 9.84 Å². The second kappa shape index (κ2) is 7.47. The van der Waals surface area contributed by atoms with Gasteiger partial charge in [0.25, 0.3) is 0 Å². The van der Waals surface area contributed by atoms with Crippen molar-refractivity contribution in [3.05, 3.63) is 59.4 Å². The summed E-state index contributed by atoms with van der Waals surface area (Å²) in [5.74, 6) is -0.195.